The maximum absolute atomic E-state index is 10.4. The van der Waals surface area contributed by atoms with Crippen molar-refractivity contribution in [1.29, 1.82) is 0 Å². The Balaban J connectivity index is 5.62. The molecule has 0 aromatic rings. The van der Waals surface area contributed by atoms with Crippen LogP contribution in [0.25, 0.3) is 0 Å². The van der Waals surface area contributed by atoms with E-state index >= 15 is 0 Å². The van der Waals surface area contributed by atoms with Crippen molar-refractivity contribution in [1.82, 2.24) is 0 Å². The maximum Gasteiger partial charge on any atom is 0.364 e. The lowest BCUT2D eigenvalue weighted by molar-refractivity contribution is 0.363. The van der Waals surface area contributed by atoms with E-state index in [0.717, 1.165) is 0 Å². The second-order valence-corrected chi connectivity index (χ2v) is 7.09. The molecule has 0 saturated carbocycles. The van der Waals surface area contributed by atoms with Gasteiger partial charge < -0.3 is 29.4 Å². The van der Waals surface area contributed by atoms with Crippen molar-refractivity contribution in [2.24, 2.45) is 0 Å². The SMILES string of the molecule is O=P(O)(O)C=C(P(=O)(O)O)P(=O)(O)O. The largest absolute Gasteiger partial charge is 0.364 e. The summed E-state index contributed by atoms with van der Waals surface area (Å²) in [6.07, 6.45) is 0. The highest BCUT2D eigenvalue weighted by Gasteiger charge is 2.38. The van der Waals surface area contributed by atoms with Crippen LogP contribution in [0.4, 0.5) is 0 Å². The van der Waals surface area contributed by atoms with Crippen LogP contribution < -0.4 is 0 Å². The van der Waals surface area contributed by atoms with Crippen LogP contribution in [0.15, 0.2) is 10.9 Å². The van der Waals surface area contributed by atoms with E-state index in [2.05, 4.69) is 0 Å². The van der Waals surface area contributed by atoms with Crippen LogP contribution in [0.2, 0.25) is 0 Å². The van der Waals surface area contributed by atoms with E-state index in [1.165, 1.54) is 0 Å². The zero-order valence-electron chi connectivity index (χ0n) is 6.33. The molecule has 0 aliphatic heterocycles. The molecule has 6 N–H and O–H groups in total. The molecule has 0 fully saturated rings. The molecule has 84 valence electrons. The highest BCUT2D eigenvalue weighted by atomic mass is 31.2. The smallest absolute Gasteiger partial charge is 0.321 e. The minimum atomic E-state index is -5.39. The third-order valence-electron chi connectivity index (χ3n) is 0.881. The fraction of sp³-hybridized carbons (Fsp3) is 0. The topological polar surface area (TPSA) is 173 Å². The molecule has 0 unspecified atom stereocenters. The third-order valence-corrected chi connectivity index (χ3v) is 4.90. The van der Waals surface area contributed by atoms with Crippen LogP contribution in [0.3, 0.4) is 0 Å². The van der Waals surface area contributed by atoms with E-state index in [1.54, 1.807) is 0 Å². The van der Waals surface area contributed by atoms with Crippen LogP contribution in [-0.2, 0) is 13.7 Å². The second kappa shape index (κ2) is 3.98. The van der Waals surface area contributed by atoms with Gasteiger partial charge in [-0.15, -0.1) is 0 Å². The predicted octanol–water partition coefficient (Wildman–Crippen LogP) is -0.682. The monoisotopic (exact) mass is 268 g/mol. The summed E-state index contributed by atoms with van der Waals surface area (Å²) in [7, 11) is -15.8. The van der Waals surface area contributed by atoms with Gasteiger partial charge in [-0.05, 0) is 0 Å². The maximum atomic E-state index is 10.4. The third kappa shape index (κ3) is 5.17. The van der Waals surface area contributed by atoms with Crippen molar-refractivity contribution < 1.29 is 43.1 Å². The Morgan fingerprint density at radius 2 is 1.07 bits per heavy atom. The van der Waals surface area contributed by atoms with Crippen molar-refractivity contribution in [3.63, 3.8) is 0 Å². The van der Waals surface area contributed by atoms with E-state index < -0.39 is 33.7 Å². The molecule has 0 bridgehead atoms. The van der Waals surface area contributed by atoms with E-state index in [1.807, 2.05) is 0 Å². The molecule has 0 amide bonds. The summed E-state index contributed by atoms with van der Waals surface area (Å²) in [5.41, 5.74) is 0. The molecule has 0 aliphatic rings. The van der Waals surface area contributed by atoms with Gasteiger partial charge in [0.15, 0.2) is 5.06 Å². The molecule has 0 atom stereocenters. The summed E-state index contributed by atoms with van der Waals surface area (Å²) < 4.78 is 31.2. The Hall–Kier alpha value is 0.190. The van der Waals surface area contributed by atoms with Gasteiger partial charge in [0, 0.05) is 0 Å². The molecule has 14 heavy (non-hydrogen) atoms. The highest BCUT2D eigenvalue weighted by molar-refractivity contribution is 7.78. The van der Waals surface area contributed by atoms with Gasteiger partial charge in [0.1, 0.15) is 0 Å². The van der Waals surface area contributed by atoms with Crippen molar-refractivity contribution in [2.75, 3.05) is 0 Å². The van der Waals surface area contributed by atoms with E-state index in [-0.39, 0.29) is 0 Å². The predicted molar refractivity (Wildman–Crippen MR) is 44.2 cm³/mol. The lowest BCUT2D eigenvalue weighted by Gasteiger charge is -2.10. The lowest BCUT2D eigenvalue weighted by Crippen LogP contribution is -1.89. The van der Waals surface area contributed by atoms with E-state index in [0.29, 0.717) is 0 Å². The fourth-order valence-corrected chi connectivity index (χ4v) is 4.23. The normalized spacial score (nSPS) is 13.9. The van der Waals surface area contributed by atoms with E-state index in [9.17, 15) is 13.7 Å². The molecule has 12 heteroatoms. The Kier molecular flexibility index (Phi) is 4.03. The first-order chi connectivity index (χ1) is 5.84. The molecule has 0 rings (SSSR count). The van der Waals surface area contributed by atoms with Crippen molar-refractivity contribution in [3.8, 4) is 0 Å². The first kappa shape index (κ1) is 14.2. The van der Waals surface area contributed by atoms with Crippen LogP contribution in [0, 0.1) is 0 Å². The molecule has 0 aliphatic carbocycles. The van der Waals surface area contributed by atoms with E-state index in [4.69, 9.17) is 29.4 Å². The average Bonchev–Trinajstić information content (AvgIpc) is 1.75. The number of hydrogen-bond acceptors (Lipinski definition) is 3. The minimum Gasteiger partial charge on any atom is -0.321 e. The summed E-state index contributed by atoms with van der Waals surface area (Å²) in [4.78, 5) is 50.1. The Morgan fingerprint density at radius 1 is 0.786 bits per heavy atom. The molecule has 0 saturated heterocycles. The number of rotatable bonds is 3. The molecule has 0 heterocycles. The van der Waals surface area contributed by atoms with Crippen molar-refractivity contribution >= 4 is 22.8 Å². The first-order valence-electron chi connectivity index (χ1n) is 2.74. The summed E-state index contributed by atoms with van der Waals surface area (Å²) in [5.74, 6) is -0.422. The van der Waals surface area contributed by atoms with Gasteiger partial charge >= 0.3 is 22.8 Å². The fourth-order valence-electron chi connectivity index (χ4n) is 0.471. The lowest BCUT2D eigenvalue weighted by atomic mass is 11.2. The van der Waals surface area contributed by atoms with Gasteiger partial charge in [-0.3, -0.25) is 13.7 Å². The highest BCUT2D eigenvalue weighted by Crippen LogP contribution is 2.66. The number of hydrogen-bond donors (Lipinski definition) is 6. The summed E-state index contributed by atoms with van der Waals surface area (Å²) in [6.45, 7) is 0. The van der Waals surface area contributed by atoms with Crippen LogP contribution >= 0.6 is 22.8 Å². The molecule has 0 aromatic heterocycles. The van der Waals surface area contributed by atoms with Gasteiger partial charge in [-0.25, -0.2) is 0 Å². The summed E-state index contributed by atoms with van der Waals surface area (Å²) in [5, 5.41) is -1.88. The van der Waals surface area contributed by atoms with Crippen molar-refractivity contribution in [2.45, 2.75) is 0 Å². The minimum absolute atomic E-state index is 0.422. The van der Waals surface area contributed by atoms with Crippen LogP contribution in [0.1, 0.15) is 0 Å². The zero-order valence-corrected chi connectivity index (χ0v) is 9.01. The Morgan fingerprint density at radius 3 is 1.14 bits per heavy atom. The zero-order chi connectivity index (χ0) is 11.8. The summed E-state index contributed by atoms with van der Waals surface area (Å²) >= 11 is 0. The molecule has 0 spiro atoms. The van der Waals surface area contributed by atoms with Crippen molar-refractivity contribution in [3.05, 3.63) is 10.9 Å². The second-order valence-electron chi connectivity index (χ2n) is 2.16. The van der Waals surface area contributed by atoms with Gasteiger partial charge in [-0.2, -0.15) is 0 Å². The molecule has 0 aromatic carbocycles. The van der Waals surface area contributed by atoms with Gasteiger partial charge in [0.25, 0.3) is 0 Å². The van der Waals surface area contributed by atoms with Gasteiger partial charge in [0.2, 0.25) is 0 Å². The van der Waals surface area contributed by atoms with Crippen LogP contribution in [-0.4, -0.2) is 29.4 Å². The average molecular weight is 268 g/mol. The quantitative estimate of drug-likeness (QED) is 0.362. The summed E-state index contributed by atoms with van der Waals surface area (Å²) in [6, 6.07) is 0. The standard InChI is InChI=1S/C2H7O9P3/c3-12(4,5)1-2(13(6,7)8)14(9,10)11/h1H,(H2,3,4,5)(H2,6,7,8)(H2,9,10,11). The molecular formula is C2H7O9P3. The van der Waals surface area contributed by atoms with Gasteiger partial charge in [-0.1, -0.05) is 0 Å². The Labute approximate surface area is 77.6 Å². The Bertz CT molecular complexity index is 351. The van der Waals surface area contributed by atoms with Gasteiger partial charge in [0.05, 0.1) is 5.82 Å². The molecule has 9 nitrogen and oxygen atoms in total. The first-order valence-corrected chi connectivity index (χ1v) is 7.65. The van der Waals surface area contributed by atoms with Crippen LogP contribution in [0.5, 0.6) is 0 Å². The molecule has 0 radical (unpaired) electrons. The molecular weight excluding hydrogens is 261 g/mol.